The first kappa shape index (κ1) is 10.6. The number of hydrogen-bond acceptors (Lipinski definition) is 2. The van der Waals surface area contributed by atoms with Crippen molar-refractivity contribution >= 4 is 0 Å². The van der Waals surface area contributed by atoms with E-state index in [0.717, 1.165) is 12.1 Å². The Bertz CT molecular complexity index is 304. The Balaban J connectivity index is 1.90. The minimum Gasteiger partial charge on any atom is -0.387 e. The summed E-state index contributed by atoms with van der Waals surface area (Å²) >= 11 is 0. The molecule has 1 heterocycles. The minimum absolute atomic E-state index is 0.462. The van der Waals surface area contributed by atoms with Gasteiger partial charge in [0.05, 0.1) is 6.10 Å². The molecule has 0 saturated carbocycles. The van der Waals surface area contributed by atoms with Gasteiger partial charge in [-0.15, -0.1) is 0 Å². The Hall–Kier alpha value is -0.930. The lowest BCUT2D eigenvalue weighted by Crippen LogP contribution is -2.26. The van der Waals surface area contributed by atoms with Gasteiger partial charge in [-0.1, -0.05) is 30.3 Å². The van der Waals surface area contributed by atoms with E-state index in [9.17, 15) is 9.50 Å². The average Bonchev–Trinajstić information content (AvgIpc) is 2.65. The molecule has 3 heteroatoms. The SMILES string of the molecule is OC(CN1CC[C@@H](F)C1)c1ccccc1. The topological polar surface area (TPSA) is 23.5 Å². The molecule has 2 rings (SSSR count). The Morgan fingerprint density at radius 3 is 2.73 bits per heavy atom. The van der Waals surface area contributed by atoms with E-state index in [4.69, 9.17) is 0 Å². The third-order valence-corrected chi connectivity index (χ3v) is 2.83. The van der Waals surface area contributed by atoms with Crippen molar-refractivity contribution in [2.75, 3.05) is 19.6 Å². The van der Waals surface area contributed by atoms with Crippen molar-refractivity contribution in [3.63, 3.8) is 0 Å². The summed E-state index contributed by atoms with van der Waals surface area (Å²) in [4.78, 5) is 1.97. The maximum atomic E-state index is 12.9. The van der Waals surface area contributed by atoms with Crippen LogP contribution >= 0.6 is 0 Å². The molecule has 1 saturated heterocycles. The van der Waals surface area contributed by atoms with Gasteiger partial charge in [0.15, 0.2) is 0 Å². The van der Waals surface area contributed by atoms with Crippen LogP contribution in [-0.2, 0) is 0 Å². The molecule has 1 aromatic rings. The fourth-order valence-electron chi connectivity index (χ4n) is 1.98. The van der Waals surface area contributed by atoms with Gasteiger partial charge in [0.1, 0.15) is 6.17 Å². The van der Waals surface area contributed by atoms with Gasteiger partial charge >= 0.3 is 0 Å². The normalized spacial score (nSPS) is 24.3. The van der Waals surface area contributed by atoms with Gasteiger partial charge in [0, 0.05) is 19.6 Å². The third kappa shape index (κ3) is 2.76. The van der Waals surface area contributed by atoms with Crippen LogP contribution < -0.4 is 0 Å². The van der Waals surface area contributed by atoms with Crippen molar-refractivity contribution in [1.82, 2.24) is 4.90 Å². The van der Waals surface area contributed by atoms with Crippen LogP contribution in [0.1, 0.15) is 18.1 Å². The van der Waals surface area contributed by atoms with Gasteiger partial charge in [0.2, 0.25) is 0 Å². The third-order valence-electron chi connectivity index (χ3n) is 2.83. The largest absolute Gasteiger partial charge is 0.387 e. The maximum absolute atomic E-state index is 12.9. The summed E-state index contributed by atoms with van der Waals surface area (Å²) in [7, 11) is 0. The zero-order chi connectivity index (χ0) is 10.7. The summed E-state index contributed by atoms with van der Waals surface area (Å²) in [6.45, 7) is 1.75. The molecule has 1 aromatic carbocycles. The number of likely N-dealkylation sites (tertiary alicyclic amines) is 1. The quantitative estimate of drug-likeness (QED) is 0.820. The van der Waals surface area contributed by atoms with Crippen LogP contribution in [0.5, 0.6) is 0 Å². The molecule has 0 bridgehead atoms. The van der Waals surface area contributed by atoms with E-state index in [-0.39, 0.29) is 0 Å². The van der Waals surface area contributed by atoms with Gasteiger partial charge in [-0.25, -0.2) is 4.39 Å². The molecule has 1 N–H and O–H groups in total. The van der Waals surface area contributed by atoms with E-state index < -0.39 is 12.3 Å². The second-order valence-corrected chi connectivity index (χ2v) is 4.07. The Kier molecular flexibility index (Phi) is 3.34. The molecule has 1 aliphatic heterocycles. The molecule has 0 radical (unpaired) electrons. The highest BCUT2D eigenvalue weighted by molar-refractivity contribution is 5.17. The van der Waals surface area contributed by atoms with E-state index in [0.29, 0.717) is 19.5 Å². The van der Waals surface area contributed by atoms with Crippen molar-refractivity contribution in [2.45, 2.75) is 18.7 Å². The summed E-state index contributed by atoms with van der Waals surface area (Å²) < 4.78 is 12.9. The van der Waals surface area contributed by atoms with E-state index >= 15 is 0 Å². The highest BCUT2D eigenvalue weighted by atomic mass is 19.1. The van der Waals surface area contributed by atoms with Crippen LogP contribution in [0.3, 0.4) is 0 Å². The second-order valence-electron chi connectivity index (χ2n) is 4.07. The fraction of sp³-hybridized carbons (Fsp3) is 0.500. The van der Waals surface area contributed by atoms with Crippen LogP contribution in [0.2, 0.25) is 0 Å². The molecule has 1 aliphatic rings. The number of hydrogen-bond donors (Lipinski definition) is 1. The van der Waals surface area contributed by atoms with Crippen molar-refractivity contribution in [3.8, 4) is 0 Å². The van der Waals surface area contributed by atoms with Crippen molar-refractivity contribution in [3.05, 3.63) is 35.9 Å². The highest BCUT2D eigenvalue weighted by Gasteiger charge is 2.23. The van der Waals surface area contributed by atoms with Crippen LogP contribution in [0.25, 0.3) is 0 Å². The molecule has 0 spiro atoms. The summed E-state index contributed by atoms with van der Waals surface area (Å²) in [6.07, 6.45) is -0.619. The predicted molar refractivity (Wildman–Crippen MR) is 57.4 cm³/mol. The van der Waals surface area contributed by atoms with Crippen LogP contribution in [0.4, 0.5) is 4.39 Å². The average molecular weight is 209 g/mol. The molecule has 1 unspecified atom stereocenters. The van der Waals surface area contributed by atoms with Gasteiger partial charge in [0.25, 0.3) is 0 Å². The Morgan fingerprint density at radius 2 is 2.13 bits per heavy atom. The second kappa shape index (κ2) is 4.73. The van der Waals surface area contributed by atoms with Crippen LogP contribution in [0, 0.1) is 0 Å². The monoisotopic (exact) mass is 209 g/mol. The maximum Gasteiger partial charge on any atom is 0.114 e. The fourth-order valence-corrected chi connectivity index (χ4v) is 1.98. The molecule has 1 fully saturated rings. The molecule has 0 amide bonds. The first-order valence-corrected chi connectivity index (χ1v) is 5.35. The molecular formula is C12H16FNO. The number of alkyl halides is 1. The zero-order valence-corrected chi connectivity index (χ0v) is 8.64. The smallest absolute Gasteiger partial charge is 0.114 e. The number of β-amino-alcohol motifs (C(OH)–C–C–N with tert-alkyl or cyclic N) is 1. The number of rotatable bonds is 3. The van der Waals surface area contributed by atoms with Gasteiger partial charge in [-0.2, -0.15) is 0 Å². The van der Waals surface area contributed by atoms with Crippen LogP contribution in [0.15, 0.2) is 30.3 Å². The number of benzene rings is 1. The van der Waals surface area contributed by atoms with Gasteiger partial charge < -0.3 is 5.11 Å². The Labute approximate surface area is 89.3 Å². The molecule has 15 heavy (non-hydrogen) atoms. The van der Waals surface area contributed by atoms with E-state index in [1.54, 1.807) is 0 Å². The summed E-state index contributed by atoms with van der Waals surface area (Å²) in [5.41, 5.74) is 0.903. The molecular weight excluding hydrogens is 193 g/mol. The summed E-state index contributed by atoms with van der Waals surface area (Å²) in [6, 6.07) is 9.52. The lowest BCUT2D eigenvalue weighted by molar-refractivity contribution is 0.122. The molecule has 0 aromatic heterocycles. The Morgan fingerprint density at radius 1 is 1.40 bits per heavy atom. The lowest BCUT2D eigenvalue weighted by atomic mass is 10.1. The minimum atomic E-state index is -0.715. The number of aliphatic hydroxyl groups is 1. The van der Waals surface area contributed by atoms with Gasteiger partial charge in [-0.05, 0) is 12.0 Å². The number of nitrogens with zero attached hydrogens (tertiary/aromatic N) is 1. The molecule has 2 atom stereocenters. The summed E-state index contributed by atoms with van der Waals surface area (Å²) in [5.74, 6) is 0. The van der Waals surface area contributed by atoms with Crippen molar-refractivity contribution < 1.29 is 9.50 Å². The number of aliphatic hydroxyl groups excluding tert-OH is 1. The van der Waals surface area contributed by atoms with E-state index in [1.807, 2.05) is 35.2 Å². The van der Waals surface area contributed by atoms with E-state index in [2.05, 4.69) is 0 Å². The first-order chi connectivity index (χ1) is 7.25. The van der Waals surface area contributed by atoms with Gasteiger partial charge in [-0.3, -0.25) is 4.90 Å². The highest BCUT2D eigenvalue weighted by Crippen LogP contribution is 2.18. The molecule has 2 nitrogen and oxygen atoms in total. The van der Waals surface area contributed by atoms with Crippen LogP contribution in [-0.4, -0.2) is 35.8 Å². The predicted octanol–water partition coefficient (Wildman–Crippen LogP) is 1.76. The molecule has 82 valence electrons. The zero-order valence-electron chi connectivity index (χ0n) is 8.64. The van der Waals surface area contributed by atoms with Crippen molar-refractivity contribution in [2.24, 2.45) is 0 Å². The first-order valence-electron chi connectivity index (χ1n) is 5.35. The summed E-state index contributed by atoms with van der Waals surface area (Å²) in [5, 5.41) is 9.90. The number of halogens is 1. The van der Waals surface area contributed by atoms with Crippen molar-refractivity contribution in [1.29, 1.82) is 0 Å². The molecule has 0 aliphatic carbocycles. The van der Waals surface area contributed by atoms with E-state index in [1.165, 1.54) is 0 Å². The standard InChI is InChI=1S/C12H16FNO/c13-11-6-7-14(8-11)9-12(15)10-4-2-1-3-5-10/h1-5,11-12,15H,6-9H2/t11-,12?/m1/s1. The lowest BCUT2D eigenvalue weighted by Gasteiger charge is -2.19.